The molecule has 0 heterocycles. The van der Waals surface area contributed by atoms with Gasteiger partial charge >= 0.3 is 0 Å². The molecule has 112 valence electrons. The quantitative estimate of drug-likeness (QED) is 0.719. The molecule has 1 fully saturated rings. The molecule has 3 atom stereocenters. The van der Waals surface area contributed by atoms with Crippen molar-refractivity contribution in [1.82, 2.24) is 4.90 Å². The minimum Gasteiger partial charge on any atom is -0.383 e. The van der Waals surface area contributed by atoms with Crippen molar-refractivity contribution in [2.24, 2.45) is 11.5 Å². The van der Waals surface area contributed by atoms with Gasteiger partial charge in [0.2, 0.25) is 5.91 Å². The van der Waals surface area contributed by atoms with Crippen molar-refractivity contribution in [3.63, 3.8) is 0 Å². The number of carbonyl (C=O) groups excluding carboxylic acids is 1. The van der Waals surface area contributed by atoms with Crippen LogP contribution < -0.4 is 11.5 Å². The van der Waals surface area contributed by atoms with E-state index in [9.17, 15) is 4.79 Å². The number of ether oxygens (including phenoxy) is 1. The molecule has 0 bridgehead atoms. The van der Waals surface area contributed by atoms with Gasteiger partial charge in [-0.05, 0) is 39.0 Å². The third-order valence-corrected chi connectivity index (χ3v) is 4.43. The van der Waals surface area contributed by atoms with Crippen LogP contribution in [-0.2, 0) is 9.53 Å². The first-order chi connectivity index (χ1) is 8.94. The molecule has 1 aliphatic rings. The maximum absolute atomic E-state index is 11.6. The molecule has 3 unspecified atom stereocenters. The Bertz CT molecular complexity index is 298. The van der Waals surface area contributed by atoms with Gasteiger partial charge in [0.25, 0.3) is 0 Å². The van der Waals surface area contributed by atoms with E-state index < -0.39 is 5.54 Å². The second-order valence-electron chi connectivity index (χ2n) is 5.76. The average molecular weight is 271 g/mol. The minimum absolute atomic E-state index is 0.330. The Hall–Kier alpha value is -0.650. The zero-order valence-electron chi connectivity index (χ0n) is 12.5. The van der Waals surface area contributed by atoms with Crippen molar-refractivity contribution >= 4 is 5.91 Å². The highest BCUT2D eigenvalue weighted by Crippen LogP contribution is 2.30. The topological polar surface area (TPSA) is 81.6 Å². The van der Waals surface area contributed by atoms with Crippen LogP contribution in [0.1, 0.15) is 46.0 Å². The Morgan fingerprint density at radius 3 is 2.79 bits per heavy atom. The van der Waals surface area contributed by atoms with Gasteiger partial charge in [-0.25, -0.2) is 0 Å². The number of carbonyl (C=O) groups is 1. The average Bonchev–Trinajstić information content (AvgIpc) is 2.39. The summed E-state index contributed by atoms with van der Waals surface area (Å²) in [5.74, 6) is -0.368. The summed E-state index contributed by atoms with van der Waals surface area (Å²) in [5.41, 5.74) is 10.8. The third-order valence-electron chi connectivity index (χ3n) is 4.43. The normalized spacial score (nSPS) is 29.4. The minimum atomic E-state index is -0.832. The van der Waals surface area contributed by atoms with Crippen LogP contribution >= 0.6 is 0 Å². The lowest BCUT2D eigenvalue weighted by Gasteiger charge is -2.43. The molecule has 0 saturated heterocycles. The summed E-state index contributed by atoms with van der Waals surface area (Å²) in [5, 5.41) is 0. The Morgan fingerprint density at radius 2 is 2.26 bits per heavy atom. The maximum atomic E-state index is 11.6. The number of hydrogen-bond donors (Lipinski definition) is 2. The van der Waals surface area contributed by atoms with E-state index in [1.165, 1.54) is 0 Å². The summed E-state index contributed by atoms with van der Waals surface area (Å²) >= 11 is 0. The fourth-order valence-corrected chi connectivity index (χ4v) is 2.98. The molecule has 1 saturated carbocycles. The molecular formula is C14H29N3O2. The van der Waals surface area contributed by atoms with E-state index in [1.54, 1.807) is 7.11 Å². The number of amides is 1. The van der Waals surface area contributed by atoms with Gasteiger partial charge in [-0.1, -0.05) is 6.92 Å². The fourth-order valence-electron chi connectivity index (χ4n) is 2.98. The lowest BCUT2D eigenvalue weighted by molar-refractivity contribution is -0.125. The van der Waals surface area contributed by atoms with Crippen LogP contribution in [0.15, 0.2) is 0 Å². The molecule has 5 heteroatoms. The Morgan fingerprint density at radius 1 is 1.58 bits per heavy atom. The van der Waals surface area contributed by atoms with E-state index in [1.807, 2.05) is 0 Å². The predicted octanol–water partition coefficient (Wildman–Crippen LogP) is 0.859. The first kappa shape index (κ1) is 16.4. The van der Waals surface area contributed by atoms with Gasteiger partial charge in [-0.15, -0.1) is 0 Å². The first-order valence-electron chi connectivity index (χ1n) is 7.28. The highest BCUT2D eigenvalue weighted by atomic mass is 16.5. The van der Waals surface area contributed by atoms with E-state index in [4.69, 9.17) is 16.2 Å². The van der Waals surface area contributed by atoms with Gasteiger partial charge in [0.15, 0.2) is 0 Å². The zero-order chi connectivity index (χ0) is 14.5. The van der Waals surface area contributed by atoms with Crippen molar-refractivity contribution in [2.45, 2.75) is 63.6 Å². The van der Waals surface area contributed by atoms with Crippen LogP contribution in [0, 0.1) is 0 Å². The van der Waals surface area contributed by atoms with Crippen LogP contribution in [0.2, 0.25) is 0 Å². The summed E-state index contributed by atoms with van der Waals surface area (Å²) < 4.78 is 5.19. The van der Waals surface area contributed by atoms with Gasteiger partial charge in [0.1, 0.15) is 0 Å². The summed E-state index contributed by atoms with van der Waals surface area (Å²) in [4.78, 5) is 14.0. The molecule has 0 aromatic rings. The summed E-state index contributed by atoms with van der Waals surface area (Å²) in [6.07, 6.45) is 4.49. The van der Waals surface area contributed by atoms with Crippen LogP contribution in [0.5, 0.6) is 0 Å². The number of methoxy groups -OCH3 is 1. The molecule has 0 spiro atoms. The van der Waals surface area contributed by atoms with Crippen LogP contribution in [0.3, 0.4) is 0 Å². The van der Waals surface area contributed by atoms with Crippen molar-refractivity contribution in [3.05, 3.63) is 0 Å². The largest absolute Gasteiger partial charge is 0.383 e. The van der Waals surface area contributed by atoms with E-state index in [0.717, 1.165) is 25.8 Å². The van der Waals surface area contributed by atoms with Crippen LogP contribution in [-0.4, -0.2) is 48.7 Å². The second kappa shape index (κ2) is 7.22. The maximum Gasteiger partial charge on any atom is 0.237 e. The molecule has 0 aromatic heterocycles. The number of primary amides is 1. The van der Waals surface area contributed by atoms with Crippen molar-refractivity contribution < 1.29 is 9.53 Å². The molecule has 0 aliphatic heterocycles. The van der Waals surface area contributed by atoms with E-state index in [2.05, 4.69) is 18.7 Å². The molecule has 1 amide bonds. The lowest BCUT2D eigenvalue weighted by Crippen LogP contribution is -2.59. The standard InChI is InChI=1S/C14H29N3O2/c1-4-11(2)17(8-9-19-3)12-6-5-7-14(16,10-12)13(15)18/h11-12H,4-10,16H2,1-3H3,(H2,15,18). The Labute approximate surface area is 116 Å². The van der Waals surface area contributed by atoms with Gasteiger partial charge in [0.05, 0.1) is 12.1 Å². The van der Waals surface area contributed by atoms with Crippen molar-refractivity contribution in [2.75, 3.05) is 20.3 Å². The Kier molecular flexibility index (Phi) is 6.23. The summed E-state index contributed by atoms with van der Waals surface area (Å²) in [6, 6.07) is 0.798. The molecule has 5 nitrogen and oxygen atoms in total. The van der Waals surface area contributed by atoms with E-state index in [0.29, 0.717) is 31.5 Å². The van der Waals surface area contributed by atoms with E-state index in [-0.39, 0.29) is 5.91 Å². The lowest BCUT2D eigenvalue weighted by atomic mass is 9.78. The predicted molar refractivity (Wildman–Crippen MR) is 76.7 cm³/mol. The molecule has 1 aliphatic carbocycles. The smallest absolute Gasteiger partial charge is 0.237 e. The van der Waals surface area contributed by atoms with E-state index >= 15 is 0 Å². The molecule has 19 heavy (non-hydrogen) atoms. The van der Waals surface area contributed by atoms with Crippen LogP contribution in [0.4, 0.5) is 0 Å². The second-order valence-corrected chi connectivity index (χ2v) is 5.76. The molecule has 0 aromatic carbocycles. The third kappa shape index (κ3) is 4.16. The van der Waals surface area contributed by atoms with Gasteiger partial charge in [0, 0.05) is 25.7 Å². The number of rotatable bonds is 7. The first-order valence-corrected chi connectivity index (χ1v) is 7.28. The highest BCUT2D eigenvalue weighted by molar-refractivity contribution is 5.84. The SMILES string of the molecule is CCC(C)N(CCOC)C1CCCC(N)(C(N)=O)C1. The summed E-state index contributed by atoms with van der Waals surface area (Å²) in [6.45, 7) is 5.98. The van der Waals surface area contributed by atoms with Crippen molar-refractivity contribution in [3.8, 4) is 0 Å². The van der Waals surface area contributed by atoms with Crippen LogP contribution in [0.25, 0.3) is 0 Å². The fraction of sp³-hybridized carbons (Fsp3) is 0.929. The molecule has 1 rings (SSSR count). The van der Waals surface area contributed by atoms with Gasteiger partial charge in [-0.2, -0.15) is 0 Å². The number of nitrogens with two attached hydrogens (primary N) is 2. The van der Waals surface area contributed by atoms with Gasteiger partial charge < -0.3 is 16.2 Å². The monoisotopic (exact) mass is 271 g/mol. The number of nitrogens with zero attached hydrogens (tertiary/aromatic N) is 1. The summed E-state index contributed by atoms with van der Waals surface area (Å²) in [7, 11) is 1.71. The van der Waals surface area contributed by atoms with Crippen molar-refractivity contribution in [1.29, 1.82) is 0 Å². The zero-order valence-corrected chi connectivity index (χ0v) is 12.5. The number of hydrogen-bond acceptors (Lipinski definition) is 4. The Balaban J connectivity index is 2.75. The molecule has 4 N–H and O–H groups in total. The molecular weight excluding hydrogens is 242 g/mol. The highest BCUT2D eigenvalue weighted by Gasteiger charge is 2.40. The molecule has 0 radical (unpaired) electrons. The van der Waals surface area contributed by atoms with Gasteiger partial charge in [-0.3, -0.25) is 9.69 Å².